The largest absolute Gasteiger partial charge is 0.350 e. The van der Waals surface area contributed by atoms with Crippen LogP contribution >= 0.6 is 35.0 Å². The van der Waals surface area contributed by atoms with E-state index in [0.717, 1.165) is 4.90 Å². The Balaban J connectivity index is 1.83. The van der Waals surface area contributed by atoms with E-state index < -0.39 is 21.3 Å². The van der Waals surface area contributed by atoms with Crippen LogP contribution in [0.25, 0.3) is 0 Å². The summed E-state index contributed by atoms with van der Waals surface area (Å²) in [6, 6.07) is 6.65. The van der Waals surface area contributed by atoms with Gasteiger partial charge in [-0.25, -0.2) is 8.42 Å². The van der Waals surface area contributed by atoms with Crippen molar-refractivity contribution in [1.82, 2.24) is 5.32 Å². The number of amides is 1. The standard InChI is InChI=1S/C12H13Cl2NO3S2/c13-8-1-3-9(4-2-8)19-5-12(16)15-11-7-20(17,18)6-10(11)14/h1-4,10-11H,5-7H2,(H,15,16)/t10-,11+/m0/s1. The second-order valence-electron chi connectivity index (χ2n) is 4.51. The zero-order chi connectivity index (χ0) is 14.8. The summed E-state index contributed by atoms with van der Waals surface area (Å²) in [6.07, 6.45) is 0. The van der Waals surface area contributed by atoms with Crippen LogP contribution in [0.3, 0.4) is 0 Å². The lowest BCUT2D eigenvalue weighted by atomic mass is 10.2. The van der Waals surface area contributed by atoms with Gasteiger partial charge in [-0.3, -0.25) is 4.79 Å². The Morgan fingerprint density at radius 3 is 2.50 bits per heavy atom. The molecule has 0 spiro atoms. The highest BCUT2D eigenvalue weighted by Crippen LogP contribution is 2.21. The summed E-state index contributed by atoms with van der Waals surface area (Å²) in [5.41, 5.74) is 0. The third-order valence-electron chi connectivity index (χ3n) is 2.81. The number of carbonyl (C=O) groups excluding carboxylic acids is 1. The molecule has 20 heavy (non-hydrogen) atoms. The number of alkyl halides is 1. The molecule has 0 saturated carbocycles. The number of hydrogen-bond acceptors (Lipinski definition) is 4. The van der Waals surface area contributed by atoms with Crippen molar-refractivity contribution in [2.24, 2.45) is 0 Å². The third-order valence-corrected chi connectivity index (χ3v) is 6.45. The van der Waals surface area contributed by atoms with E-state index >= 15 is 0 Å². The highest BCUT2D eigenvalue weighted by molar-refractivity contribution is 8.00. The van der Waals surface area contributed by atoms with Gasteiger partial charge in [0.15, 0.2) is 9.84 Å². The van der Waals surface area contributed by atoms with Gasteiger partial charge in [0.2, 0.25) is 5.91 Å². The molecule has 1 amide bonds. The van der Waals surface area contributed by atoms with E-state index in [9.17, 15) is 13.2 Å². The summed E-state index contributed by atoms with van der Waals surface area (Å²) in [7, 11) is -3.13. The number of benzene rings is 1. The summed E-state index contributed by atoms with van der Waals surface area (Å²) in [6.45, 7) is 0. The normalized spacial score (nSPS) is 24.5. The molecule has 1 N–H and O–H groups in total. The Bertz CT molecular complexity index is 589. The fourth-order valence-corrected chi connectivity index (χ4v) is 5.25. The van der Waals surface area contributed by atoms with Crippen molar-refractivity contribution in [2.75, 3.05) is 17.3 Å². The lowest BCUT2D eigenvalue weighted by molar-refractivity contribution is -0.119. The van der Waals surface area contributed by atoms with Crippen molar-refractivity contribution in [3.05, 3.63) is 29.3 Å². The summed E-state index contributed by atoms with van der Waals surface area (Å²) >= 11 is 13.1. The fraction of sp³-hybridized carbons (Fsp3) is 0.417. The molecule has 1 aliphatic rings. The highest BCUT2D eigenvalue weighted by atomic mass is 35.5. The van der Waals surface area contributed by atoms with Crippen LogP contribution in [0.4, 0.5) is 0 Å². The van der Waals surface area contributed by atoms with Gasteiger partial charge in [0.25, 0.3) is 0 Å². The lowest BCUT2D eigenvalue weighted by Crippen LogP contribution is -2.41. The molecule has 4 nitrogen and oxygen atoms in total. The Morgan fingerprint density at radius 1 is 1.30 bits per heavy atom. The molecule has 1 heterocycles. The topological polar surface area (TPSA) is 63.2 Å². The van der Waals surface area contributed by atoms with Crippen molar-refractivity contribution in [1.29, 1.82) is 0 Å². The average Bonchev–Trinajstić information content (AvgIpc) is 2.61. The molecule has 1 aromatic carbocycles. The minimum absolute atomic E-state index is 0.0795. The summed E-state index contributed by atoms with van der Waals surface area (Å²) < 4.78 is 22.8. The van der Waals surface area contributed by atoms with Gasteiger partial charge < -0.3 is 5.32 Å². The molecule has 0 unspecified atom stereocenters. The van der Waals surface area contributed by atoms with Crippen molar-refractivity contribution in [2.45, 2.75) is 16.3 Å². The summed E-state index contributed by atoms with van der Waals surface area (Å²) in [4.78, 5) is 12.7. The lowest BCUT2D eigenvalue weighted by Gasteiger charge is -2.14. The minimum Gasteiger partial charge on any atom is -0.350 e. The van der Waals surface area contributed by atoms with E-state index in [0.29, 0.717) is 5.02 Å². The predicted octanol–water partition coefficient (Wildman–Crippen LogP) is 1.95. The Kier molecular flexibility index (Phi) is 5.23. The number of hydrogen-bond donors (Lipinski definition) is 1. The average molecular weight is 354 g/mol. The second kappa shape index (κ2) is 6.56. The van der Waals surface area contributed by atoms with Crippen LogP contribution in [0.15, 0.2) is 29.2 Å². The molecule has 0 aliphatic carbocycles. The first-order chi connectivity index (χ1) is 9.35. The van der Waals surface area contributed by atoms with E-state index in [1.54, 1.807) is 12.1 Å². The fourth-order valence-electron chi connectivity index (χ4n) is 1.87. The molecule has 1 aromatic rings. The van der Waals surface area contributed by atoms with Crippen LogP contribution in [0.1, 0.15) is 0 Å². The van der Waals surface area contributed by atoms with Gasteiger partial charge in [-0.1, -0.05) is 11.6 Å². The Hall–Kier alpha value is -0.430. The van der Waals surface area contributed by atoms with Gasteiger partial charge in [-0.15, -0.1) is 23.4 Å². The molecule has 110 valence electrons. The maximum atomic E-state index is 11.8. The van der Waals surface area contributed by atoms with Gasteiger partial charge in [0.1, 0.15) is 0 Å². The number of carbonyl (C=O) groups is 1. The number of rotatable bonds is 4. The van der Waals surface area contributed by atoms with Crippen molar-refractivity contribution < 1.29 is 13.2 Å². The summed E-state index contributed by atoms with van der Waals surface area (Å²) in [5, 5.41) is 2.76. The molecule has 1 fully saturated rings. The van der Waals surface area contributed by atoms with Gasteiger partial charge in [0, 0.05) is 9.92 Å². The molecule has 8 heteroatoms. The first-order valence-electron chi connectivity index (χ1n) is 5.88. The van der Waals surface area contributed by atoms with E-state index in [4.69, 9.17) is 23.2 Å². The number of thioether (sulfide) groups is 1. The SMILES string of the molecule is O=C(CSc1ccc(Cl)cc1)N[C@@H]1CS(=O)(=O)C[C@@H]1Cl. The molecule has 0 aromatic heterocycles. The van der Waals surface area contributed by atoms with Crippen LogP contribution in [0, 0.1) is 0 Å². The molecule has 1 aliphatic heterocycles. The predicted molar refractivity (Wildman–Crippen MR) is 82.4 cm³/mol. The molecule has 0 bridgehead atoms. The Labute approximate surface area is 132 Å². The van der Waals surface area contributed by atoms with Crippen LogP contribution in [-0.2, 0) is 14.6 Å². The van der Waals surface area contributed by atoms with Gasteiger partial charge in [-0.2, -0.15) is 0 Å². The van der Waals surface area contributed by atoms with Crippen molar-refractivity contribution >= 4 is 50.7 Å². The van der Waals surface area contributed by atoms with Gasteiger partial charge >= 0.3 is 0 Å². The van der Waals surface area contributed by atoms with Crippen molar-refractivity contribution in [3.63, 3.8) is 0 Å². The number of halogens is 2. The van der Waals surface area contributed by atoms with Crippen LogP contribution in [0.5, 0.6) is 0 Å². The first kappa shape index (κ1) is 15.9. The molecule has 2 atom stereocenters. The van der Waals surface area contributed by atoms with Crippen LogP contribution < -0.4 is 5.32 Å². The van der Waals surface area contributed by atoms with Gasteiger partial charge in [0.05, 0.1) is 28.7 Å². The van der Waals surface area contributed by atoms with Crippen LogP contribution in [0.2, 0.25) is 5.02 Å². The van der Waals surface area contributed by atoms with E-state index in [2.05, 4.69) is 5.32 Å². The maximum Gasteiger partial charge on any atom is 0.230 e. The zero-order valence-corrected chi connectivity index (χ0v) is 13.5. The van der Waals surface area contributed by atoms with Crippen LogP contribution in [-0.4, -0.2) is 43.0 Å². The highest BCUT2D eigenvalue weighted by Gasteiger charge is 2.37. The number of sulfone groups is 1. The first-order valence-corrected chi connectivity index (χ1v) is 9.50. The molecular weight excluding hydrogens is 341 g/mol. The smallest absolute Gasteiger partial charge is 0.230 e. The third kappa shape index (κ3) is 4.55. The van der Waals surface area contributed by atoms with Gasteiger partial charge in [-0.05, 0) is 24.3 Å². The molecular formula is C12H13Cl2NO3S2. The second-order valence-corrected chi connectivity index (χ2v) is 8.71. The molecule has 0 radical (unpaired) electrons. The van der Waals surface area contributed by atoms with Crippen molar-refractivity contribution in [3.8, 4) is 0 Å². The van der Waals surface area contributed by atoms with E-state index in [1.165, 1.54) is 11.8 Å². The monoisotopic (exact) mass is 353 g/mol. The van der Waals surface area contributed by atoms with E-state index in [-0.39, 0.29) is 23.2 Å². The maximum absolute atomic E-state index is 11.8. The quantitative estimate of drug-likeness (QED) is 0.663. The zero-order valence-electron chi connectivity index (χ0n) is 10.4. The Morgan fingerprint density at radius 2 is 1.95 bits per heavy atom. The summed E-state index contributed by atoms with van der Waals surface area (Å²) in [5.74, 6) is -0.179. The molecule has 2 rings (SSSR count). The minimum atomic E-state index is -3.13. The van der Waals surface area contributed by atoms with E-state index in [1.807, 2.05) is 12.1 Å². The number of nitrogens with one attached hydrogen (secondary N) is 1. The molecule has 1 saturated heterocycles.